The third-order valence-electron chi connectivity index (χ3n) is 5.39. The smallest absolute Gasteiger partial charge is 0.338 e. The van der Waals surface area contributed by atoms with Crippen molar-refractivity contribution >= 4 is 29.5 Å². The van der Waals surface area contributed by atoms with Gasteiger partial charge in [0.05, 0.1) is 18.7 Å². The number of benzene rings is 3. The van der Waals surface area contributed by atoms with Crippen molar-refractivity contribution in [2.45, 2.75) is 19.6 Å². The van der Waals surface area contributed by atoms with Crippen molar-refractivity contribution in [2.24, 2.45) is 0 Å². The van der Waals surface area contributed by atoms with Gasteiger partial charge < -0.3 is 15.4 Å². The van der Waals surface area contributed by atoms with Crippen LogP contribution in [0.5, 0.6) is 0 Å². The second kappa shape index (κ2) is 9.99. The van der Waals surface area contributed by atoms with Gasteiger partial charge in [-0.2, -0.15) is 0 Å². The van der Waals surface area contributed by atoms with Gasteiger partial charge in [0.1, 0.15) is 0 Å². The molecule has 8 nitrogen and oxygen atoms in total. The van der Waals surface area contributed by atoms with E-state index >= 15 is 0 Å². The zero-order chi connectivity index (χ0) is 24.1. The van der Waals surface area contributed by atoms with Crippen LogP contribution in [-0.4, -0.2) is 41.4 Å². The Morgan fingerprint density at radius 3 is 2.32 bits per heavy atom. The Labute approximate surface area is 196 Å². The van der Waals surface area contributed by atoms with Crippen LogP contribution in [0.4, 0.5) is 10.5 Å². The first kappa shape index (κ1) is 22.7. The average Bonchev–Trinajstić information content (AvgIpc) is 3.17. The first-order chi connectivity index (χ1) is 16.4. The lowest BCUT2D eigenvalue weighted by Gasteiger charge is -2.16. The Bertz CT molecular complexity index is 1210. The van der Waals surface area contributed by atoms with Gasteiger partial charge in [-0.1, -0.05) is 60.7 Å². The molecule has 3 aromatic carbocycles. The summed E-state index contributed by atoms with van der Waals surface area (Å²) in [6.45, 7) is 1.60. The molecule has 4 amide bonds. The third-order valence-corrected chi connectivity index (χ3v) is 5.39. The van der Waals surface area contributed by atoms with Crippen LogP contribution in [0.25, 0.3) is 11.1 Å². The fourth-order valence-electron chi connectivity index (χ4n) is 3.52. The molecule has 0 spiro atoms. The SMILES string of the molecule is CC(OC(=O)c1ccc(CN2C(=O)CNC2=O)cc1)C(=O)Nc1ccccc1-c1ccccc1. The molecule has 3 aromatic rings. The number of amides is 4. The fourth-order valence-corrected chi connectivity index (χ4v) is 3.52. The van der Waals surface area contributed by atoms with Crippen molar-refractivity contribution in [1.82, 2.24) is 10.2 Å². The minimum atomic E-state index is -1.03. The number of para-hydroxylation sites is 1. The summed E-state index contributed by atoms with van der Waals surface area (Å²) in [5.74, 6) is -1.41. The highest BCUT2D eigenvalue weighted by Gasteiger charge is 2.28. The Morgan fingerprint density at radius 1 is 0.971 bits per heavy atom. The minimum absolute atomic E-state index is 0.0149. The number of nitrogens with one attached hydrogen (secondary N) is 2. The Kier molecular flexibility index (Phi) is 6.68. The van der Waals surface area contributed by atoms with Gasteiger partial charge in [-0.25, -0.2) is 9.59 Å². The predicted molar refractivity (Wildman–Crippen MR) is 126 cm³/mol. The molecule has 34 heavy (non-hydrogen) atoms. The molecule has 1 saturated heterocycles. The van der Waals surface area contributed by atoms with Crippen molar-refractivity contribution in [2.75, 3.05) is 11.9 Å². The molecule has 1 unspecified atom stereocenters. The number of imide groups is 1. The van der Waals surface area contributed by atoms with Crippen molar-refractivity contribution < 1.29 is 23.9 Å². The zero-order valence-electron chi connectivity index (χ0n) is 18.5. The van der Waals surface area contributed by atoms with E-state index in [9.17, 15) is 19.2 Å². The van der Waals surface area contributed by atoms with Crippen LogP contribution >= 0.6 is 0 Å². The van der Waals surface area contributed by atoms with Crippen LogP contribution in [0, 0.1) is 0 Å². The van der Waals surface area contributed by atoms with Gasteiger partial charge in [-0.15, -0.1) is 0 Å². The van der Waals surface area contributed by atoms with Gasteiger partial charge in [0, 0.05) is 11.3 Å². The molecule has 4 rings (SSSR count). The maximum absolute atomic E-state index is 12.7. The summed E-state index contributed by atoms with van der Waals surface area (Å²) in [5, 5.41) is 5.29. The quantitative estimate of drug-likeness (QED) is 0.417. The third kappa shape index (κ3) is 5.12. The van der Waals surface area contributed by atoms with Crippen LogP contribution in [0.3, 0.4) is 0 Å². The van der Waals surface area contributed by atoms with Crippen LogP contribution in [0.1, 0.15) is 22.8 Å². The van der Waals surface area contributed by atoms with E-state index in [0.29, 0.717) is 11.3 Å². The molecule has 1 atom stereocenters. The highest BCUT2D eigenvalue weighted by Crippen LogP contribution is 2.27. The maximum atomic E-state index is 12.7. The fraction of sp³-hybridized carbons (Fsp3) is 0.154. The first-order valence-electron chi connectivity index (χ1n) is 10.8. The van der Waals surface area contributed by atoms with E-state index in [1.165, 1.54) is 19.1 Å². The van der Waals surface area contributed by atoms with Gasteiger partial charge in [0.15, 0.2) is 6.10 Å². The predicted octanol–water partition coefficient (Wildman–Crippen LogP) is 3.59. The first-order valence-corrected chi connectivity index (χ1v) is 10.8. The summed E-state index contributed by atoms with van der Waals surface area (Å²) in [6.07, 6.45) is -1.03. The van der Waals surface area contributed by atoms with Gasteiger partial charge >= 0.3 is 12.0 Å². The number of urea groups is 1. The number of carbonyl (C=O) groups is 4. The Balaban J connectivity index is 1.37. The summed E-state index contributed by atoms with van der Waals surface area (Å²) in [4.78, 5) is 49.7. The molecule has 2 N–H and O–H groups in total. The van der Waals surface area contributed by atoms with E-state index in [4.69, 9.17) is 4.74 Å². The van der Waals surface area contributed by atoms with Crippen LogP contribution < -0.4 is 10.6 Å². The monoisotopic (exact) mass is 457 g/mol. The molecule has 1 aliphatic heterocycles. The molecule has 0 bridgehead atoms. The standard InChI is InChI=1S/C26H23N3O5/c1-17(24(31)28-22-10-6-5-9-21(22)19-7-3-2-4-8-19)34-25(32)20-13-11-18(12-14-20)16-29-23(30)15-27-26(29)33/h2-14,17H,15-16H2,1H3,(H,27,33)(H,28,31). The number of nitrogens with zero attached hydrogens (tertiary/aromatic N) is 1. The second-order valence-electron chi connectivity index (χ2n) is 7.78. The topological polar surface area (TPSA) is 105 Å². The lowest BCUT2D eigenvalue weighted by atomic mass is 10.0. The molecule has 1 aliphatic rings. The zero-order valence-corrected chi connectivity index (χ0v) is 18.5. The Hall–Kier alpha value is -4.46. The molecule has 1 fully saturated rings. The summed E-state index contributed by atoms with van der Waals surface area (Å²) in [5.41, 5.74) is 3.37. The van der Waals surface area contributed by atoms with Crippen LogP contribution in [0.15, 0.2) is 78.9 Å². The summed E-state index contributed by atoms with van der Waals surface area (Å²) in [7, 11) is 0. The molecular formula is C26H23N3O5. The van der Waals surface area contributed by atoms with Crippen molar-refractivity contribution in [3.8, 4) is 11.1 Å². The molecule has 172 valence electrons. The molecule has 1 heterocycles. The normalized spacial score (nSPS) is 13.9. The largest absolute Gasteiger partial charge is 0.449 e. The molecule has 0 radical (unpaired) electrons. The number of hydrogen-bond acceptors (Lipinski definition) is 5. The Morgan fingerprint density at radius 2 is 1.65 bits per heavy atom. The van der Waals surface area contributed by atoms with Crippen LogP contribution in [-0.2, 0) is 20.9 Å². The molecule has 8 heteroatoms. The second-order valence-corrected chi connectivity index (χ2v) is 7.78. The summed E-state index contributed by atoms with van der Waals surface area (Å²) >= 11 is 0. The lowest BCUT2D eigenvalue weighted by Crippen LogP contribution is -2.30. The number of carbonyl (C=O) groups excluding carboxylic acids is 4. The van der Waals surface area contributed by atoms with E-state index in [0.717, 1.165) is 16.0 Å². The lowest BCUT2D eigenvalue weighted by molar-refractivity contribution is -0.125. The average molecular weight is 457 g/mol. The van der Waals surface area contributed by atoms with Crippen molar-refractivity contribution in [3.63, 3.8) is 0 Å². The minimum Gasteiger partial charge on any atom is -0.449 e. The van der Waals surface area contributed by atoms with E-state index in [1.807, 2.05) is 48.5 Å². The van der Waals surface area contributed by atoms with Crippen LogP contribution in [0.2, 0.25) is 0 Å². The number of rotatable bonds is 7. The number of hydrogen-bond donors (Lipinski definition) is 2. The van der Waals surface area contributed by atoms with E-state index in [2.05, 4.69) is 10.6 Å². The maximum Gasteiger partial charge on any atom is 0.338 e. The van der Waals surface area contributed by atoms with Crippen molar-refractivity contribution in [3.05, 3.63) is 90.0 Å². The highest BCUT2D eigenvalue weighted by molar-refractivity contribution is 6.02. The van der Waals surface area contributed by atoms with Gasteiger partial charge in [0.25, 0.3) is 5.91 Å². The molecule has 0 aromatic heterocycles. The van der Waals surface area contributed by atoms with Gasteiger partial charge in [-0.05, 0) is 36.2 Å². The summed E-state index contributed by atoms with van der Waals surface area (Å²) in [6, 6.07) is 22.9. The highest BCUT2D eigenvalue weighted by atomic mass is 16.5. The number of esters is 1. The molecular weight excluding hydrogens is 434 g/mol. The van der Waals surface area contributed by atoms with E-state index in [-0.39, 0.29) is 24.6 Å². The van der Waals surface area contributed by atoms with E-state index in [1.54, 1.807) is 18.2 Å². The van der Waals surface area contributed by atoms with Gasteiger partial charge in [0.2, 0.25) is 5.91 Å². The summed E-state index contributed by atoms with van der Waals surface area (Å²) < 4.78 is 5.34. The van der Waals surface area contributed by atoms with Gasteiger partial charge in [-0.3, -0.25) is 14.5 Å². The number of anilines is 1. The van der Waals surface area contributed by atoms with E-state index < -0.39 is 24.0 Å². The number of ether oxygens (including phenoxy) is 1. The molecule has 0 aliphatic carbocycles. The van der Waals surface area contributed by atoms with Crippen molar-refractivity contribution in [1.29, 1.82) is 0 Å². The molecule has 0 saturated carbocycles.